The first-order chi connectivity index (χ1) is 9.10. The zero-order valence-corrected chi connectivity index (χ0v) is 12.7. The highest BCUT2D eigenvalue weighted by Gasteiger charge is 2.12. The van der Waals surface area contributed by atoms with E-state index in [2.05, 4.69) is 22.4 Å². The number of methoxy groups -OCH3 is 2. The Hall–Kier alpha value is -1.11. The molecular weight excluding hydrogens is 244 g/mol. The number of aryl methyl sites for hydroxylation is 2. The van der Waals surface area contributed by atoms with Crippen molar-refractivity contribution in [1.29, 1.82) is 0 Å². The summed E-state index contributed by atoms with van der Waals surface area (Å²) in [4.78, 5) is 2.24. The number of likely N-dealkylation sites (N-methyl/N-ethyl adjacent to an activating group) is 1. The number of aromatic nitrogens is 2. The fourth-order valence-corrected chi connectivity index (χ4v) is 1.98. The fourth-order valence-electron chi connectivity index (χ4n) is 1.98. The lowest BCUT2D eigenvalue weighted by Crippen LogP contribution is -2.31. The summed E-state index contributed by atoms with van der Waals surface area (Å²) < 4.78 is 12.2. The molecule has 0 unspecified atom stereocenters. The summed E-state index contributed by atoms with van der Waals surface area (Å²) in [5, 5.41) is 7.78. The molecular formula is C13H26N4O2. The van der Waals surface area contributed by atoms with Crippen LogP contribution in [0.1, 0.15) is 11.3 Å². The predicted octanol–water partition coefficient (Wildman–Crippen LogP) is 0.405. The van der Waals surface area contributed by atoms with E-state index in [0.29, 0.717) is 0 Å². The maximum atomic E-state index is 5.36. The van der Waals surface area contributed by atoms with Crippen LogP contribution in [0, 0.1) is 6.92 Å². The third-order valence-corrected chi connectivity index (χ3v) is 3.13. The van der Waals surface area contributed by atoms with E-state index in [-0.39, 0.29) is 0 Å². The lowest BCUT2D eigenvalue weighted by atomic mass is 10.2. The van der Waals surface area contributed by atoms with Gasteiger partial charge in [-0.05, 0) is 14.0 Å². The lowest BCUT2D eigenvalue weighted by Gasteiger charge is -2.16. The molecule has 1 rings (SSSR count). The van der Waals surface area contributed by atoms with Crippen LogP contribution in [0.4, 0.5) is 0 Å². The van der Waals surface area contributed by atoms with Gasteiger partial charge in [0.05, 0.1) is 25.0 Å². The van der Waals surface area contributed by atoms with E-state index in [1.54, 1.807) is 18.9 Å². The average Bonchev–Trinajstić information content (AvgIpc) is 2.66. The van der Waals surface area contributed by atoms with Crippen molar-refractivity contribution in [3.8, 4) is 5.88 Å². The normalized spacial score (nSPS) is 11.3. The summed E-state index contributed by atoms with van der Waals surface area (Å²) in [7, 11) is 7.40. The number of rotatable bonds is 9. The monoisotopic (exact) mass is 270 g/mol. The molecule has 0 bridgehead atoms. The standard InChI is InChI=1S/C13H26N4O2/c1-11-12(13(19-5)17(3)15-11)10-14-6-7-16(2)8-9-18-4/h14H,6-10H2,1-5H3. The van der Waals surface area contributed by atoms with Gasteiger partial charge in [-0.25, -0.2) is 4.68 Å². The van der Waals surface area contributed by atoms with E-state index in [0.717, 1.165) is 49.9 Å². The van der Waals surface area contributed by atoms with E-state index in [4.69, 9.17) is 9.47 Å². The number of hydrogen-bond acceptors (Lipinski definition) is 5. The van der Waals surface area contributed by atoms with Crippen molar-refractivity contribution in [3.63, 3.8) is 0 Å². The van der Waals surface area contributed by atoms with Crippen LogP contribution in [0.5, 0.6) is 5.88 Å². The predicted molar refractivity (Wildman–Crippen MR) is 75.6 cm³/mol. The van der Waals surface area contributed by atoms with Crippen molar-refractivity contribution in [1.82, 2.24) is 20.0 Å². The molecule has 1 heterocycles. The molecule has 0 radical (unpaired) electrons. The van der Waals surface area contributed by atoms with Crippen molar-refractivity contribution in [2.75, 3.05) is 47.5 Å². The minimum Gasteiger partial charge on any atom is -0.481 e. The molecule has 19 heavy (non-hydrogen) atoms. The van der Waals surface area contributed by atoms with E-state index in [1.807, 2.05) is 14.0 Å². The van der Waals surface area contributed by atoms with Crippen molar-refractivity contribution in [2.24, 2.45) is 7.05 Å². The van der Waals surface area contributed by atoms with Crippen molar-refractivity contribution < 1.29 is 9.47 Å². The first-order valence-corrected chi connectivity index (χ1v) is 6.54. The second-order valence-corrected chi connectivity index (χ2v) is 4.67. The number of nitrogens with one attached hydrogen (secondary N) is 1. The Bertz CT molecular complexity index is 379. The third kappa shape index (κ3) is 4.81. The Labute approximate surface area is 115 Å². The van der Waals surface area contributed by atoms with Crippen molar-refractivity contribution in [3.05, 3.63) is 11.3 Å². The average molecular weight is 270 g/mol. The molecule has 6 heteroatoms. The quantitative estimate of drug-likeness (QED) is 0.659. The minimum absolute atomic E-state index is 0.770. The Kier molecular flexibility index (Phi) is 6.83. The molecule has 110 valence electrons. The molecule has 0 fully saturated rings. The van der Waals surface area contributed by atoms with Crippen LogP contribution in [0.25, 0.3) is 0 Å². The Morgan fingerprint density at radius 1 is 1.32 bits per heavy atom. The van der Waals surface area contributed by atoms with Crippen molar-refractivity contribution >= 4 is 0 Å². The molecule has 6 nitrogen and oxygen atoms in total. The third-order valence-electron chi connectivity index (χ3n) is 3.13. The van der Waals surface area contributed by atoms with Gasteiger partial charge in [0.15, 0.2) is 0 Å². The van der Waals surface area contributed by atoms with Crippen LogP contribution in [0.3, 0.4) is 0 Å². The van der Waals surface area contributed by atoms with Gasteiger partial charge in [-0.1, -0.05) is 0 Å². The number of nitrogens with zero attached hydrogens (tertiary/aromatic N) is 3. The van der Waals surface area contributed by atoms with Crippen LogP contribution >= 0.6 is 0 Å². The molecule has 0 atom stereocenters. The zero-order chi connectivity index (χ0) is 14.3. The highest BCUT2D eigenvalue weighted by molar-refractivity contribution is 5.30. The first kappa shape index (κ1) is 15.9. The Morgan fingerprint density at radius 2 is 2.05 bits per heavy atom. The minimum atomic E-state index is 0.770. The first-order valence-electron chi connectivity index (χ1n) is 6.54. The van der Waals surface area contributed by atoms with Crippen LogP contribution in [-0.4, -0.2) is 62.2 Å². The molecule has 0 aliphatic heterocycles. The molecule has 0 saturated carbocycles. The summed E-state index contributed by atoms with van der Waals surface area (Å²) in [6, 6.07) is 0. The lowest BCUT2D eigenvalue weighted by molar-refractivity contribution is 0.161. The molecule has 1 aromatic heterocycles. The van der Waals surface area contributed by atoms with Gasteiger partial charge in [-0.3, -0.25) is 0 Å². The summed E-state index contributed by atoms with van der Waals surface area (Å²) >= 11 is 0. The van der Waals surface area contributed by atoms with Gasteiger partial charge in [-0.2, -0.15) is 5.10 Å². The number of hydrogen-bond donors (Lipinski definition) is 1. The highest BCUT2D eigenvalue weighted by Crippen LogP contribution is 2.20. The SMILES string of the molecule is COCCN(C)CCNCc1c(C)nn(C)c1OC. The van der Waals surface area contributed by atoms with Crippen LogP contribution < -0.4 is 10.1 Å². The maximum Gasteiger partial charge on any atom is 0.216 e. The largest absolute Gasteiger partial charge is 0.481 e. The van der Waals surface area contributed by atoms with Crippen LogP contribution in [0.15, 0.2) is 0 Å². The van der Waals surface area contributed by atoms with Gasteiger partial charge in [0.1, 0.15) is 0 Å². The second-order valence-electron chi connectivity index (χ2n) is 4.67. The Morgan fingerprint density at radius 3 is 2.68 bits per heavy atom. The van der Waals surface area contributed by atoms with Crippen LogP contribution in [0.2, 0.25) is 0 Å². The maximum absolute atomic E-state index is 5.36. The zero-order valence-electron chi connectivity index (χ0n) is 12.7. The summed E-state index contributed by atoms with van der Waals surface area (Å²) in [5.74, 6) is 0.831. The smallest absolute Gasteiger partial charge is 0.216 e. The van der Waals surface area contributed by atoms with Gasteiger partial charge in [0, 0.05) is 40.3 Å². The van der Waals surface area contributed by atoms with E-state index < -0.39 is 0 Å². The van der Waals surface area contributed by atoms with E-state index in [9.17, 15) is 0 Å². The van der Waals surface area contributed by atoms with Gasteiger partial charge in [0.25, 0.3) is 0 Å². The summed E-state index contributed by atoms with van der Waals surface area (Å²) in [6.45, 7) is 6.42. The van der Waals surface area contributed by atoms with Gasteiger partial charge in [-0.15, -0.1) is 0 Å². The number of ether oxygens (including phenoxy) is 2. The molecule has 0 aliphatic rings. The summed E-state index contributed by atoms with van der Waals surface area (Å²) in [5.41, 5.74) is 2.14. The van der Waals surface area contributed by atoms with E-state index >= 15 is 0 Å². The molecule has 0 saturated heterocycles. The topological polar surface area (TPSA) is 51.5 Å². The molecule has 0 aromatic carbocycles. The fraction of sp³-hybridized carbons (Fsp3) is 0.769. The van der Waals surface area contributed by atoms with Crippen molar-refractivity contribution in [2.45, 2.75) is 13.5 Å². The summed E-state index contributed by atoms with van der Waals surface area (Å²) in [6.07, 6.45) is 0. The van der Waals surface area contributed by atoms with Crippen LogP contribution in [-0.2, 0) is 18.3 Å². The van der Waals surface area contributed by atoms with E-state index in [1.165, 1.54) is 0 Å². The highest BCUT2D eigenvalue weighted by atomic mass is 16.5. The molecule has 0 spiro atoms. The molecule has 1 N–H and O–H groups in total. The second kappa shape index (κ2) is 8.14. The van der Waals surface area contributed by atoms with Gasteiger partial charge in [0.2, 0.25) is 5.88 Å². The molecule has 1 aromatic rings. The molecule has 0 aliphatic carbocycles. The van der Waals surface area contributed by atoms with Gasteiger partial charge < -0.3 is 19.7 Å². The van der Waals surface area contributed by atoms with Gasteiger partial charge >= 0.3 is 0 Å². The Balaban J connectivity index is 2.33. The molecule has 0 amide bonds.